The third-order valence-electron chi connectivity index (χ3n) is 3.04. The number of nitrogens with one attached hydrogen (secondary N) is 1. The predicted octanol–water partition coefficient (Wildman–Crippen LogP) is 1.93. The molecular weight excluding hydrogens is 210 g/mol. The van der Waals surface area contributed by atoms with Gasteiger partial charge in [0.05, 0.1) is 0 Å². The predicted molar refractivity (Wildman–Crippen MR) is 59.2 cm³/mol. The minimum atomic E-state index is -0.524. The van der Waals surface area contributed by atoms with Crippen molar-refractivity contribution in [1.29, 1.82) is 0 Å². The van der Waals surface area contributed by atoms with Crippen molar-refractivity contribution in [2.24, 2.45) is 0 Å². The molecule has 1 heterocycles. The molecule has 1 aromatic rings. The van der Waals surface area contributed by atoms with Crippen LogP contribution in [0.25, 0.3) is 0 Å². The highest BCUT2D eigenvalue weighted by molar-refractivity contribution is 5.23. The highest BCUT2D eigenvalue weighted by Gasteiger charge is 2.22. The fraction of sp³-hybridized carbons (Fsp3) is 0.500. The van der Waals surface area contributed by atoms with Gasteiger partial charge in [-0.1, -0.05) is 13.0 Å². The number of hydrogen-bond acceptors (Lipinski definition) is 2. The molecule has 1 N–H and O–H groups in total. The van der Waals surface area contributed by atoms with Crippen LogP contribution in [0.1, 0.15) is 18.5 Å². The number of rotatable bonds is 2. The summed E-state index contributed by atoms with van der Waals surface area (Å²) in [5.41, 5.74) is 0.555. The van der Waals surface area contributed by atoms with Crippen LogP contribution in [0.2, 0.25) is 0 Å². The molecular formula is C12H16F2N2. The molecule has 1 aromatic carbocycles. The van der Waals surface area contributed by atoms with E-state index in [0.29, 0.717) is 5.56 Å². The Bertz CT molecular complexity index is 368. The molecule has 1 atom stereocenters. The largest absolute Gasteiger partial charge is 0.307 e. The average molecular weight is 226 g/mol. The van der Waals surface area contributed by atoms with Gasteiger partial charge in [0.2, 0.25) is 0 Å². The van der Waals surface area contributed by atoms with Gasteiger partial charge in [0.1, 0.15) is 11.6 Å². The van der Waals surface area contributed by atoms with E-state index in [-0.39, 0.29) is 6.04 Å². The average Bonchev–Trinajstić information content (AvgIpc) is 2.29. The third-order valence-corrected chi connectivity index (χ3v) is 3.04. The van der Waals surface area contributed by atoms with Gasteiger partial charge in [0.25, 0.3) is 0 Å². The number of piperazine rings is 1. The van der Waals surface area contributed by atoms with Gasteiger partial charge in [-0.15, -0.1) is 0 Å². The standard InChI is InChI=1S/C12H16F2N2/c1-2-16-6-5-15-12(8-16)10-4-3-9(13)7-11(10)14/h3-4,7,12,15H,2,5-6,8H2,1H3. The van der Waals surface area contributed by atoms with Crippen LogP contribution in [0.5, 0.6) is 0 Å². The Hall–Kier alpha value is -1.00. The Morgan fingerprint density at radius 1 is 1.44 bits per heavy atom. The third kappa shape index (κ3) is 2.39. The lowest BCUT2D eigenvalue weighted by molar-refractivity contribution is 0.207. The maximum atomic E-state index is 13.6. The second-order valence-electron chi connectivity index (χ2n) is 4.07. The lowest BCUT2D eigenvalue weighted by Crippen LogP contribution is -2.45. The second kappa shape index (κ2) is 4.89. The van der Waals surface area contributed by atoms with Gasteiger partial charge in [0.15, 0.2) is 0 Å². The molecule has 88 valence electrons. The Labute approximate surface area is 94.3 Å². The van der Waals surface area contributed by atoms with Crippen molar-refractivity contribution in [3.8, 4) is 0 Å². The zero-order chi connectivity index (χ0) is 11.5. The molecule has 0 radical (unpaired) electrons. The van der Waals surface area contributed by atoms with Crippen molar-refractivity contribution in [3.63, 3.8) is 0 Å². The van der Waals surface area contributed by atoms with E-state index in [9.17, 15) is 8.78 Å². The molecule has 1 aliphatic heterocycles. The molecule has 16 heavy (non-hydrogen) atoms. The first-order valence-corrected chi connectivity index (χ1v) is 5.61. The van der Waals surface area contributed by atoms with Gasteiger partial charge in [-0.05, 0) is 12.6 Å². The van der Waals surface area contributed by atoms with Crippen molar-refractivity contribution >= 4 is 0 Å². The smallest absolute Gasteiger partial charge is 0.130 e. The van der Waals surface area contributed by atoms with E-state index in [1.165, 1.54) is 12.1 Å². The van der Waals surface area contributed by atoms with E-state index < -0.39 is 11.6 Å². The summed E-state index contributed by atoms with van der Waals surface area (Å²) in [5.74, 6) is -0.986. The zero-order valence-electron chi connectivity index (χ0n) is 9.34. The van der Waals surface area contributed by atoms with Crippen molar-refractivity contribution in [2.75, 3.05) is 26.2 Å². The van der Waals surface area contributed by atoms with Crippen LogP contribution in [0.15, 0.2) is 18.2 Å². The summed E-state index contributed by atoms with van der Waals surface area (Å²) in [5, 5.41) is 3.26. The summed E-state index contributed by atoms with van der Waals surface area (Å²) < 4.78 is 26.4. The highest BCUT2D eigenvalue weighted by Crippen LogP contribution is 2.20. The summed E-state index contributed by atoms with van der Waals surface area (Å²) in [7, 11) is 0. The monoisotopic (exact) mass is 226 g/mol. The fourth-order valence-corrected chi connectivity index (χ4v) is 2.09. The molecule has 2 nitrogen and oxygen atoms in total. The zero-order valence-corrected chi connectivity index (χ0v) is 9.34. The molecule has 0 spiro atoms. The topological polar surface area (TPSA) is 15.3 Å². The van der Waals surface area contributed by atoms with Gasteiger partial charge >= 0.3 is 0 Å². The highest BCUT2D eigenvalue weighted by atomic mass is 19.1. The summed E-state index contributed by atoms with van der Waals surface area (Å²) in [6.45, 7) is 5.65. The van der Waals surface area contributed by atoms with E-state index in [0.717, 1.165) is 32.2 Å². The van der Waals surface area contributed by atoms with Crippen molar-refractivity contribution < 1.29 is 8.78 Å². The number of halogens is 2. The quantitative estimate of drug-likeness (QED) is 0.829. The van der Waals surface area contributed by atoms with E-state index in [1.54, 1.807) is 0 Å². The van der Waals surface area contributed by atoms with Crippen LogP contribution in [0, 0.1) is 11.6 Å². The van der Waals surface area contributed by atoms with Crippen molar-refractivity contribution in [2.45, 2.75) is 13.0 Å². The van der Waals surface area contributed by atoms with Gasteiger partial charge in [0, 0.05) is 37.3 Å². The molecule has 0 aliphatic carbocycles. The first-order valence-electron chi connectivity index (χ1n) is 5.61. The molecule has 0 bridgehead atoms. The van der Waals surface area contributed by atoms with E-state index in [2.05, 4.69) is 17.1 Å². The van der Waals surface area contributed by atoms with Crippen LogP contribution in [-0.2, 0) is 0 Å². The number of hydrogen-bond donors (Lipinski definition) is 1. The molecule has 2 rings (SSSR count). The first-order chi connectivity index (χ1) is 7.70. The Balaban J connectivity index is 2.16. The lowest BCUT2D eigenvalue weighted by atomic mass is 10.0. The minimum Gasteiger partial charge on any atom is -0.307 e. The molecule has 0 amide bonds. The molecule has 1 aliphatic rings. The Kier molecular flexibility index (Phi) is 3.51. The van der Waals surface area contributed by atoms with E-state index in [1.807, 2.05) is 0 Å². The van der Waals surface area contributed by atoms with Gasteiger partial charge in [-0.3, -0.25) is 0 Å². The van der Waals surface area contributed by atoms with Crippen LogP contribution in [0.3, 0.4) is 0 Å². The number of likely N-dealkylation sites (N-methyl/N-ethyl adjacent to an activating group) is 1. The summed E-state index contributed by atoms with van der Waals surface area (Å²) >= 11 is 0. The van der Waals surface area contributed by atoms with Gasteiger partial charge in [-0.2, -0.15) is 0 Å². The molecule has 1 saturated heterocycles. The molecule has 0 saturated carbocycles. The normalized spacial score (nSPS) is 22.3. The van der Waals surface area contributed by atoms with Crippen molar-refractivity contribution in [3.05, 3.63) is 35.4 Å². The van der Waals surface area contributed by atoms with E-state index >= 15 is 0 Å². The fourth-order valence-electron chi connectivity index (χ4n) is 2.09. The summed E-state index contributed by atoms with van der Waals surface area (Å²) in [6.07, 6.45) is 0. The first kappa shape index (κ1) is 11.5. The van der Waals surface area contributed by atoms with Crippen LogP contribution in [0.4, 0.5) is 8.78 Å². The van der Waals surface area contributed by atoms with Crippen LogP contribution >= 0.6 is 0 Å². The maximum absolute atomic E-state index is 13.6. The van der Waals surface area contributed by atoms with Gasteiger partial charge < -0.3 is 10.2 Å². The van der Waals surface area contributed by atoms with Crippen molar-refractivity contribution in [1.82, 2.24) is 10.2 Å². The summed E-state index contributed by atoms with van der Waals surface area (Å²) in [6, 6.07) is 3.75. The maximum Gasteiger partial charge on any atom is 0.130 e. The summed E-state index contributed by atoms with van der Waals surface area (Å²) in [4.78, 5) is 2.25. The molecule has 4 heteroatoms. The molecule has 1 fully saturated rings. The lowest BCUT2D eigenvalue weighted by Gasteiger charge is -2.33. The molecule has 0 aromatic heterocycles. The number of benzene rings is 1. The van der Waals surface area contributed by atoms with Gasteiger partial charge in [-0.25, -0.2) is 8.78 Å². The van der Waals surface area contributed by atoms with Crippen LogP contribution < -0.4 is 5.32 Å². The van der Waals surface area contributed by atoms with Crippen LogP contribution in [-0.4, -0.2) is 31.1 Å². The second-order valence-corrected chi connectivity index (χ2v) is 4.07. The Morgan fingerprint density at radius 3 is 2.94 bits per heavy atom. The Morgan fingerprint density at radius 2 is 2.25 bits per heavy atom. The number of nitrogens with zero attached hydrogens (tertiary/aromatic N) is 1. The SMILES string of the molecule is CCN1CCNC(c2ccc(F)cc2F)C1. The molecule has 1 unspecified atom stereocenters. The van der Waals surface area contributed by atoms with E-state index in [4.69, 9.17) is 0 Å². The minimum absolute atomic E-state index is 0.0331.